The average Bonchev–Trinajstić information content (AvgIpc) is 2.68. The molecule has 96 valence electrons. The first-order chi connectivity index (χ1) is 9.13. The van der Waals surface area contributed by atoms with Crippen molar-refractivity contribution in [3.8, 4) is 12.3 Å². The first-order valence-corrected chi connectivity index (χ1v) is 5.89. The van der Waals surface area contributed by atoms with Gasteiger partial charge in [-0.05, 0) is 5.56 Å². The topological polar surface area (TPSA) is 40.6 Å². The van der Waals surface area contributed by atoms with Gasteiger partial charge >= 0.3 is 0 Å². The summed E-state index contributed by atoms with van der Waals surface area (Å²) in [6.45, 7) is 0.576. The van der Waals surface area contributed by atoms with Gasteiger partial charge in [0.15, 0.2) is 0 Å². The predicted octanol–water partition coefficient (Wildman–Crippen LogP) is 1.00. The molecule has 0 aliphatic carbocycles. The Morgan fingerprint density at radius 1 is 1.26 bits per heavy atom. The van der Waals surface area contributed by atoms with Gasteiger partial charge in [0.05, 0.1) is 13.1 Å². The van der Waals surface area contributed by atoms with Crippen molar-refractivity contribution >= 4 is 11.8 Å². The summed E-state index contributed by atoms with van der Waals surface area (Å²) in [5.74, 6) is 1.85. The van der Waals surface area contributed by atoms with Crippen molar-refractivity contribution in [3.63, 3.8) is 0 Å². The van der Waals surface area contributed by atoms with E-state index in [-0.39, 0.29) is 18.4 Å². The second-order valence-corrected chi connectivity index (χ2v) is 4.30. The zero-order valence-electron chi connectivity index (χ0n) is 10.7. The lowest BCUT2D eigenvalue weighted by Gasteiger charge is -2.19. The normalized spacial score (nSPS) is 14.3. The van der Waals surface area contributed by atoms with Crippen LogP contribution in [0.15, 0.2) is 42.1 Å². The number of carbonyl (C=O) groups excluding carboxylic acids is 2. The van der Waals surface area contributed by atoms with Gasteiger partial charge in [0.2, 0.25) is 0 Å². The number of nitrogens with zero attached hydrogens (tertiary/aromatic N) is 2. The number of hydrogen-bond donors (Lipinski definition) is 0. The van der Waals surface area contributed by atoms with Gasteiger partial charge in [0.25, 0.3) is 11.8 Å². The summed E-state index contributed by atoms with van der Waals surface area (Å²) in [6.07, 6.45) is 6.54. The molecule has 0 atom stereocenters. The van der Waals surface area contributed by atoms with E-state index in [1.165, 1.54) is 11.0 Å². The van der Waals surface area contributed by atoms with E-state index in [1.54, 1.807) is 11.9 Å². The van der Waals surface area contributed by atoms with Gasteiger partial charge in [-0.3, -0.25) is 14.5 Å². The van der Waals surface area contributed by atoms with Gasteiger partial charge in [0, 0.05) is 13.1 Å². The average molecular weight is 254 g/mol. The third kappa shape index (κ3) is 2.66. The molecule has 0 unspecified atom stereocenters. The summed E-state index contributed by atoms with van der Waals surface area (Å²) in [5, 5.41) is 0. The van der Waals surface area contributed by atoms with Crippen LogP contribution in [0.25, 0.3) is 0 Å². The Bertz CT molecular complexity index is 570. The molecule has 0 radical (unpaired) electrons. The number of likely N-dealkylation sites (N-methyl/N-ethyl adjacent to an activating group) is 1. The summed E-state index contributed by atoms with van der Waals surface area (Å²) in [7, 11) is 1.70. The molecule has 0 N–H and O–H groups in total. The molecule has 19 heavy (non-hydrogen) atoms. The Balaban J connectivity index is 2.13. The van der Waals surface area contributed by atoms with E-state index in [9.17, 15) is 9.59 Å². The molecule has 1 heterocycles. The molecule has 0 saturated heterocycles. The highest BCUT2D eigenvalue weighted by atomic mass is 16.2. The maximum atomic E-state index is 12.2. The lowest BCUT2D eigenvalue weighted by molar-refractivity contribution is -0.138. The molecule has 0 bridgehead atoms. The molecule has 0 saturated carbocycles. The standard InChI is InChI=1S/C15H14N2O2/c1-3-9-16(2)13-10-14(18)17(15(13)19)11-12-7-5-4-6-8-12/h1,4-8,10H,9,11H2,2H3. The van der Waals surface area contributed by atoms with Crippen molar-refractivity contribution in [2.45, 2.75) is 6.54 Å². The molecule has 4 nitrogen and oxygen atoms in total. The van der Waals surface area contributed by atoms with E-state index in [4.69, 9.17) is 6.42 Å². The van der Waals surface area contributed by atoms with Crippen LogP contribution in [0, 0.1) is 12.3 Å². The second kappa shape index (κ2) is 5.40. The molecule has 2 amide bonds. The first kappa shape index (κ1) is 12.9. The summed E-state index contributed by atoms with van der Waals surface area (Å²) in [4.78, 5) is 26.8. The van der Waals surface area contributed by atoms with Crippen LogP contribution in [-0.2, 0) is 16.1 Å². The van der Waals surface area contributed by atoms with E-state index >= 15 is 0 Å². The van der Waals surface area contributed by atoms with E-state index in [0.717, 1.165) is 5.56 Å². The Hall–Kier alpha value is -2.54. The number of benzene rings is 1. The van der Waals surface area contributed by atoms with Gasteiger partial charge in [-0.1, -0.05) is 36.3 Å². The minimum Gasteiger partial charge on any atom is -0.359 e. The molecule has 1 aliphatic heterocycles. The first-order valence-electron chi connectivity index (χ1n) is 5.89. The van der Waals surface area contributed by atoms with Crippen molar-refractivity contribution in [2.24, 2.45) is 0 Å². The molecule has 1 aliphatic rings. The van der Waals surface area contributed by atoms with Crippen molar-refractivity contribution in [1.82, 2.24) is 9.80 Å². The molecule has 1 aromatic carbocycles. The number of rotatable bonds is 4. The monoisotopic (exact) mass is 254 g/mol. The summed E-state index contributed by atoms with van der Waals surface area (Å²) in [6, 6.07) is 9.40. The summed E-state index contributed by atoms with van der Waals surface area (Å²) < 4.78 is 0. The van der Waals surface area contributed by atoms with Crippen LogP contribution in [-0.4, -0.2) is 35.2 Å². The molecule has 0 aromatic heterocycles. The van der Waals surface area contributed by atoms with Gasteiger partial charge < -0.3 is 4.90 Å². The Kier molecular flexibility index (Phi) is 3.67. The highest BCUT2D eigenvalue weighted by Crippen LogP contribution is 2.18. The Labute approximate surface area is 112 Å². The van der Waals surface area contributed by atoms with E-state index in [2.05, 4.69) is 5.92 Å². The van der Waals surface area contributed by atoms with Gasteiger partial charge in [0.1, 0.15) is 5.70 Å². The fraction of sp³-hybridized carbons (Fsp3) is 0.200. The molecule has 0 spiro atoms. The minimum atomic E-state index is -0.299. The maximum Gasteiger partial charge on any atom is 0.277 e. The van der Waals surface area contributed by atoms with E-state index < -0.39 is 0 Å². The van der Waals surface area contributed by atoms with Crippen molar-refractivity contribution in [3.05, 3.63) is 47.7 Å². The lowest BCUT2D eigenvalue weighted by atomic mass is 10.2. The van der Waals surface area contributed by atoms with Gasteiger partial charge in [-0.15, -0.1) is 6.42 Å². The predicted molar refractivity (Wildman–Crippen MR) is 71.5 cm³/mol. The fourth-order valence-corrected chi connectivity index (χ4v) is 1.91. The molecule has 2 rings (SSSR count). The molecule has 4 heteroatoms. The largest absolute Gasteiger partial charge is 0.359 e. The SMILES string of the molecule is C#CCN(C)C1=CC(=O)N(Cc2ccccc2)C1=O. The number of hydrogen-bond acceptors (Lipinski definition) is 3. The molecule has 1 aromatic rings. The highest BCUT2D eigenvalue weighted by Gasteiger charge is 2.32. The summed E-state index contributed by atoms with van der Waals surface area (Å²) >= 11 is 0. The van der Waals surface area contributed by atoms with Crippen LogP contribution < -0.4 is 0 Å². The van der Waals surface area contributed by atoms with Gasteiger partial charge in [-0.2, -0.15) is 0 Å². The molecular formula is C15H14N2O2. The third-order valence-corrected chi connectivity index (χ3v) is 2.91. The van der Waals surface area contributed by atoms with Crippen molar-refractivity contribution < 1.29 is 9.59 Å². The number of amides is 2. The van der Waals surface area contributed by atoms with Gasteiger partial charge in [-0.25, -0.2) is 0 Å². The van der Waals surface area contributed by atoms with Crippen LogP contribution in [0.4, 0.5) is 0 Å². The Morgan fingerprint density at radius 2 is 1.95 bits per heavy atom. The number of imide groups is 1. The van der Waals surface area contributed by atoms with Crippen LogP contribution in [0.1, 0.15) is 5.56 Å². The zero-order chi connectivity index (χ0) is 13.8. The maximum absolute atomic E-state index is 12.2. The second-order valence-electron chi connectivity index (χ2n) is 4.30. The van der Waals surface area contributed by atoms with E-state index in [0.29, 0.717) is 12.2 Å². The minimum absolute atomic E-state index is 0.280. The van der Waals surface area contributed by atoms with Crippen LogP contribution in [0.3, 0.4) is 0 Å². The highest BCUT2D eigenvalue weighted by molar-refractivity contribution is 6.15. The quantitative estimate of drug-likeness (QED) is 0.594. The summed E-state index contributed by atoms with van der Waals surface area (Å²) in [5.41, 5.74) is 1.26. The lowest BCUT2D eigenvalue weighted by Crippen LogP contribution is -2.33. The van der Waals surface area contributed by atoms with Crippen LogP contribution in [0.2, 0.25) is 0 Å². The molecule has 0 fully saturated rings. The smallest absolute Gasteiger partial charge is 0.277 e. The van der Waals surface area contributed by atoms with E-state index in [1.807, 2.05) is 30.3 Å². The number of terminal acetylenes is 1. The third-order valence-electron chi connectivity index (χ3n) is 2.91. The van der Waals surface area contributed by atoms with Crippen LogP contribution in [0.5, 0.6) is 0 Å². The fourth-order valence-electron chi connectivity index (χ4n) is 1.91. The van der Waals surface area contributed by atoms with Crippen LogP contribution >= 0.6 is 0 Å². The Morgan fingerprint density at radius 3 is 2.58 bits per heavy atom. The zero-order valence-corrected chi connectivity index (χ0v) is 10.7. The van der Waals surface area contributed by atoms with Crippen molar-refractivity contribution in [2.75, 3.05) is 13.6 Å². The van der Waals surface area contributed by atoms with Crippen molar-refractivity contribution in [1.29, 1.82) is 0 Å². The number of carbonyl (C=O) groups is 2. The molecular weight excluding hydrogens is 240 g/mol.